The number of carbonyl (C=O) groups is 1. The molecule has 2 aromatic rings. The van der Waals surface area contributed by atoms with Crippen molar-refractivity contribution in [2.75, 3.05) is 5.32 Å². The number of hydrogen-bond donors (Lipinski definition) is 1. The largest absolute Gasteiger partial charge is 0.480 e. The highest BCUT2D eigenvalue weighted by Crippen LogP contribution is 2.29. The average Bonchev–Trinajstić information content (AvgIpc) is 2.43. The third kappa shape index (κ3) is 4.08. The van der Waals surface area contributed by atoms with Gasteiger partial charge in [0.15, 0.2) is 6.10 Å². The van der Waals surface area contributed by atoms with Crippen LogP contribution in [0.2, 0.25) is 0 Å². The van der Waals surface area contributed by atoms with Crippen LogP contribution in [0.3, 0.4) is 0 Å². The fraction of sp³-hybridized carbons (Fsp3) is 0.133. The number of nitrogens with one attached hydrogen (secondary N) is 1. The molecule has 0 fully saturated rings. The van der Waals surface area contributed by atoms with E-state index in [0.717, 1.165) is 14.6 Å². The Labute approximate surface area is 134 Å². The Morgan fingerprint density at radius 3 is 2.50 bits per heavy atom. The summed E-state index contributed by atoms with van der Waals surface area (Å²) < 4.78 is 7.39. The van der Waals surface area contributed by atoms with Crippen molar-refractivity contribution in [3.63, 3.8) is 0 Å². The summed E-state index contributed by atoms with van der Waals surface area (Å²) in [5.41, 5.74) is 0.753. The predicted molar refractivity (Wildman–Crippen MR) is 87.0 cm³/mol. The Bertz CT molecular complexity index is 602. The van der Waals surface area contributed by atoms with Gasteiger partial charge >= 0.3 is 0 Å². The molecule has 0 bridgehead atoms. The summed E-state index contributed by atoms with van der Waals surface area (Å²) in [6.45, 7) is 1.72. The molecule has 1 N–H and O–H groups in total. The van der Waals surface area contributed by atoms with Crippen LogP contribution in [0.1, 0.15) is 6.92 Å². The maximum absolute atomic E-state index is 12.0. The number of amides is 1. The van der Waals surface area contributed by atoms with Gasteiger partial charge in [-0.1, -0.05) is 34.1 Å². The number of hydrogen-bond acceptors (Lipinski definition) is 2. The van der Waals surface area contributed by atoms with E-state index in [9.17, 15) is 4.79 Å². The van der Waals surface area contributed by atoms with Gasteiger partial charge in [-0.2, -0.15) is 0 Å². The molecule has 0 saturated carbocycles. The van der Waals surface area contributed by atoms with Gasteiger partial charge in [-0.25, -0.2) is 0 Å². The Morgan fingerprint density at radius 1 is 1.15 bits per heavy atom. The molecule has 2 rings (SSSR count). The number of rotatable bonds is 4. The standard InChI is InChI=1S/C15H13Br2NO2/c1-10(15(19)18-12-5-3-2-4-6-12)20-14-8-7-11(16)9-13(14)17/h2-10H,1H3,(H,18,19)/t10-/m1/s1. The number of benzene rings is 2. The second-order valence-corrected chi connectivity index (χ2v) is 5.96. The molecule has 0 saturated heterocycles. The van der Waals surface area contributed by atoms with Crippen LogP contribution in [0.15, 0.2) is 57.5 Å². The quantitative estimate of drug-likeness (QED) is 0.815. The van der Waals surface area contributed by atoms with E-state index in [1.54, 1.807) is 13.0 Å². The van der Waals surface area contributed by atoms with Crippen molar-refractivity contribution in [2.45, 2.75) is 13.0 Å². The lowest BCUT2D eigenvalue weighted by Crippen LogP contribution is -2.30. The van der Waals surface area contributed by atoms with E-state index in [0.29, 0.717) is 5.75 Å². The van der Waals surface area contributed by atoms with Crippen molar-refractivity contribution in [2.24, 2.45) is 0 Å². The third-order valence-corrected chi connectivity index (χ3v) is 3.72. The Hall–Kier alpha value is -1.33. The Balaban J connectivity index is 2.00. The van der Waals surface area contributed by atoms with Crippen LogP contribution in [0.25, 0.3) is 0 Å². The van der Waals surface area contributed by atoms with Crippen molar-refractivity contribution in [3.8, 4) is 5.75 Å². The first-order valence-electron chi connectivity index (χ1n) is 6.04. The first-order valence-corrected chi connectivity index (χ1v) is 7.62. The smallest absolute Gasteiger partial charge is 0.265 e. The first-order chi connectivity index (χ1) is 9.56. The number of carbonyl (C=O) groups excluding carboxylic acids is 1. The molecule has 0 spiro atoms. The van der Waals surface area contributed by atoms with Crippen LogP contribution in [-0.4, -0.2) is 12.0 Å². The van der Waals surface area contributed by atoms with Gasteiger partial charge in [0.2, 0.25) is 0 Å². The van der Waals surface area contributed by atoms with E-state index < -0.39 is 6.10 Å². The van der Waals surface area contributed by atoms with E-state index in [-0.39, 0.29) is 5.91 Å². The normalized spacial score (nSPS) is 11.8. The molecule has 104 valence electrons. The van der Waals surface area contributed by atoms with E-state index in [2.05, 4.69) is 37.2 Å². The molecular formula is C15H13Br2NO2. The molecule has 0 aromatic heterocycles. The van der Waals surface area contributed by atoms with Crippen molar-refractivity contribution in [3.05, 3.63) is 57.5 Å². The molecule has 20 heavy (non-hydrogen) atoms. The van der Waals surface area contributed by atoms with Gasteiger partial charge < -0.3 is 10.1 Å². The lowest BCUT2D eigenvalue weighted by Gasteiger charge is -2.15. The SMILES string of the molecule is C[C@@H](Oc1ccc(Br)cc1Br)C(=O)Nc1ccccc1. The zero-order chi connectivity index (χ0) is 14.5. The van der Waals surface area contributed by atoms with Crippen LogP contribution >= 0.6 is 31.9 Å². The summed E-state index contributed by atoms with van der Waals surface area (Å²) in [5, 5.41) is 2.80. The number of ether oxygens (including phenoxy) is 1. The minimum absolute atomic E-state index is 0.189. The molecule has 0 radical (unpaired) electrons. The molecule has 0 unspecified atom stereocenters. The second-order valence-electron chi connectivity index (χ2n) is 4.19. The first kappa shape index (κ1) is 15.1. The third-order valence-electron chi connectivity index (χ3n) is 2.61. The molecule has 0 heterocycles. The topological polar surface area (TPSA) is 38.3 Å². The summed E-state index contributed by atoms with van der Waals surface area (Å²) in [4.78, 5) is 12.0. The van der Waals surface area contributed by atoms with Gasteiger partial charge in [-0.3, -0.25) is 4.79 Å². The molecule has 2 aromatic carbocycles. The fourth-order valence-corrected chi connectivity index (χ4v) is 2.72. The minimum Gasteiger partial charge on any atom is -0.480 e. The lowest BCUT2D eigenvalue weighted by atomic mass is 10.3. The summed E-state index contributed by atoms with van der Waals surface area (Å²) in [5.74, 6) is 0.440. The summed E-state index contributed by atoms with van der Waals surface area (Å²) in [6.07, 6.45) is -0.590. The van der Waals surface area contributed by atoms with Crippen LogP contribution in [0.4, 0.5) is 5.69 Å². The molecule has 0 aliphatic rings. The average molecular weight is 399 g/mol. The van der Waals surface area contributed by atoms with Gasteiger partial charge in [-0.05, 0) is 53.2 Å². The lowest BCUT2D eigenvalue weighted by molar-refractivity contribution is -0.122. The maximum atomic E-state index is 12.0. The van der Waals surface area contributed by atoms with E-state index in [1.165, 1.54) is 0 Å². The highest BCUT2D eigenvalue weighted by molar-refractivity contribution is 9.11. The molecule has 1 amide bonds. The maximum Gasteiger partial charge on any atom is 0.265 e. The van der Waals surface area contributed by atoms with Crippen LogP contribution in [0.5, 0.6) is 5.75 Å². The van der Waals surface area contributed by atoms with Gasteiger partial charge in [0.25, 0.3) is 5.91 Å². The summed E-state index contributed by atoms with van der Waals surface area (Å²) in [7, 11) is 0. The van der Waals surface area contributed by atoms with Gasteiger partial charge in [0, 0.05) is 10.2 Å². The van der Waals surface area contributed by atoms with Gasteiger partial charge in [-0.15, -0.1) is 0 Å². The highest BCUT2D eigenvalue weighted by atomic mass is 79.9. The van der Waals surface area contributed by atoms with Crippen molar-refractivity contribution in [1.82, 2.24) is 0 Å². The van der Waals surface area contributed by atoms with E-state index in [1.807, 2.05) is 42.5 Å². The molecule has 1 atom stereocenters. The zero-order valence-electron chi connectivity index (χ0n) is 10.8. The van der Waals surface area contributed by atoms with Crippen LogP contribution < -0.4 is 10.1 Å². The second kappa shape index (κ2) is 6.90. The fourth-order valence-electron chi connectivity index (χ4n) is 1.58. The van der Waals surface area contributed by atoms with Crippen molar-refractivity contribution >= 4 is 43.5 Å². The Kier molecular flexibility index (Phi) is 5.20. The molecular weight excluding hydrogens is 386 g/mol. The number of halogens is 2. The molecule has 3 nitrogen and oxygen atoms in total. The van der Waals surface area contributed by atoms with E-state index in [4.69, 9.17) is 4.74 Å². The minimum atomic E-state index is -0.590. The van der Waals surface area contributed by atoms with Crippen LogP contribution in [0, 0.1) is 0 Å². The van der Waals surface area contributed by atoms with Crippen molar-refractivity contribution in [1.29, 1.82) is 0 Å². The monoisotopic (exact) mass is 397 g/mol. The molecule has 5 heteroatoms. The van der Waals surface area contributed by atoms with Crippen molar-refractivity contribution < 1.29 is 9.53 Å². The highest BCUT2D eigenvalue weighted by Gasteiger charge is 2.16. The van der Waals surface area contributed by atoms with Crippen LogP contribution in [-0.2, 0) is 4.79 Å². The van der Waals surface area contributed by atoms with Gasteiger partial charge in [0.05, 0.1) is 4.47 Å². The van der Waals surface area contributed by atoms with Gasteiger partial charge in [0.1, 0.15) is 5.75 Å². The summed E-state index contributed by atoms with van der Waals surface area (Å²) >= 11 is 6.78. The zero-order valence-corrected chi connectivity index (χ0v) is 13.9. The number of para-hydroxylation sites is 1. The predicted octanol–water partition coefficient (Wildman–Crippen LogP) is 4.62. The Morgan fingerprint density at radius 2 is 1.85 bits per heavy atom. The summed E-state index contributed by atoms with van der Waals surface area (Å²) in [6, 6.07) is 14.8. The molecule has 0 aliphatic carbocycles. The number of anilines is 1. The van der Waals surface area contributed by atoms with E-state index >= 15 is 0 Å². The molecule has 0 aliphatic heterocycles.